The van der Waals surface area contributed by atoms with Gasteiger partial charge >= 0.3 is 6.03 Å². The number of nitrogens with zero attached hydrogens (tertiary/aromatic N) is 4. The Bertz CT molecular complexity index is 1130. The maximum atomic E-state index is 13.4. The Balaban J connectivity index is 1.58. The molecule has 0 spiro atoms. The number of nitrogens with one attached hydrogen (secondary N) is 1. The number of ether oxygens (including phenoxy) is 2. The highest BCUT2D eigenvalue weighted by molar-refractivity contribution is 7.90. The SMILES string of the molecule is CCNC(=O)N(CCN1CCOCC1)Cc1cnc(S(=O)(=O)Cc2ccc(F)cc2)n1C[C@H]1CCCO1. The van der Waals surface area contributed by atoms with E-state index in [2.05, 4.69) is 15.2 Å². The average molecular weight is 538 g/mol. The number of halogens is 1. The minimum Gasteiger partial charge on any atom is -0.379 e. The van der Waals surface area contributed by atoms with Gasteiger partial charge < -0.3 is 24.3 Å². The number of morpholine rings is 1. The van der Waals surface area contributed by atoms with Crippen molar-refractivity contribution in [1.82, 2.24) is 24.7 Å². The quantitative estimate of drug-likeness (QED) is 0.468. The van der Waals surface area contributed by atoms with Gasteiger partial charge in [0, 0.05) is 39.3 Å². The molecular formula is C25H36FN5O5S. The lowest BCUT2D eigenvalue weighted by atomic mass is 10.2. The number of urea groups is 1. The lowest BCUT2D eigenvalue weighted by molar-refractivity contribution is 0.0345. The van der Waals surface area contributed by atoms with Gasteiger partial charge in [-0.25, -0.2) is 22.6 Å². The molecule has 3 heterocycles. The zero-order valence-electron chi connectivity index (χ0n) is 21.3. The molecule has 0 radical (unpaired) electrons. The van der Waals surface area contributed by atoms with Crippen LogP contribution in [-0.4, -0.2) is 92.4 Å². The van der Waals surface area contributed by atoms with E-state index in [1.165, 1.54) is 30.5 Å². The van der Waals surface area contributed by atoms with E-state index in [1.54, 1.807) is 9.47 Å². The van der Waals surface area contributed by atoms with Crippen molar-refractivity contribution < 1.29 is 27.1 Å². The summed E-state index contributed by atoms with van der Waals surface area (Å²) in [5.74, 6) is -0.724. The van der Waals surface area contributed by atoms with Crippen molar-refractivity contribution in [2.24, 2.45) is 0 Å². The number of aromatic nitrogens is 2. The number of benzene rings is 1. The number of carbonyl (C=O) groups excluding carboxylic acids is 1. The fourth-order valence-corrected chi connectivity index (χ4v) is 6.12. The van der Waals surface area contributed by atoms with Gasteiger partial charge in [-0.15, -0.1) is 0 Å². The topological polar surface area (TPSA) is 106 Å². The summed E-state index contributed by atoms with van der Waals surface area (Å²) in [7, 11) is -3.84. The van der Waals surface area contributed by atoms with Gasteiger partial charge in [0.05, 0.1) is 50.1 Å². The molecule has 2 aliphatic rings. The van der Waals surface area contributed by atoms with Crippen molar-refractivity contribution in [3.63, 3.8) is 0 Å². The van der Waals surface area contributed by atoms with Crippen molar-refractivity contribution >= 4 is 15.9 Å². The van der Waals surface area contributed by atoms with E-state index in [-0.39, 0.29) is 29.6 Å². The maximum absolute atomic E-state index is 13.4. The molecule has 0 bridgehead atoms. The van der Waals surface area contributed by atoms with E-state index >= 15 is 0 Å². The number of hydrogen-bond donors (Lipinski definition) is 1. The van der Waals surface area contributed by atoms with Crippen LogP contribution in [0.3, 0.4) is 0 Å². The Labute approximate surface area is 217 Å². The van der Waals surface area contributed by atoms with Crippen molar-refractivity contribution in [1.29, 1.82) is 0 Å². The van der Waals surface area contributed by atoms with Gasteiger partial charge in [0.25, 0.3) is 0 Å². The van der Waals surface area contributed by atoms with Gasteiger partial charge in [0.2, 0.25) is 15.0 Å². The molecule has 2 amide bonds. The Morgan fingerprint density at radius 1 is 1.22 bits per heavy atom. The monoisotopic (exact) mass is 537 g/mol. The van der Waals surface area contributed by atoms with Gasteiger partial charge in [-0.1, -0.05) is 12.1 Å². The van der Waals surface area contributed by atoms with E-state index in [4.69, 9.17) is 9.47 Å². The summed E-state index contributed by atoms with van der Waals surface area (Å²) in [4.78, 5) is 21.2. The second kappa shape index (κ2) is 12.8. The summed E-state index contributed by atoms with van der Waals surface area (Å²) in [5, 5.41) is 2.80. The van der Waals surface area contributed by atoms with E-state index in [1.807, 2.05) is 6.92 Å². The van der Waals surface area contributed by atoms with E-state index in [9.17, 15) is 17.6 Å². The van der Waals surface area contributed by atoms with Crippen molar-refractivity contribution in [2.75, 3.05) is 52.5 Å². The van der Waals surface area contributed by atoms with Crippen LogP contribution < -0.4 is 5.32 Å². The highest BCUT2D eigenvalue weighted by atomic mass is 32.2. The lowest BCUT2D eigenvalue weighted by Crippen LogP contribution is -2.46. The molecule has 1 aromatic heterocycles. The fraction of sp³-hybridized carbons (Fsp3) is 0.600. The molecule has 0 unspecified atom stereocenters. The molecule has 4 rings (SSSR count). The van der Waals surface area contributed by atoms with Gasteiger partial charge in [-0.3, -0.25) is 4.90 Å². The highest BCUT2D eigenvalue weighted by Gasteiger charge is 2.28. The predicted octanol–water partition coefficient (Wildman–Crippen LogP) is 2.04. The third-order valence-corrected chi connectivity index (χ3v) is 8.21. The van der Waals surface area contributed by atoms with E-state index in [0.29, 0.717) is 57.3 Å². The van der Waals surface area contributed by atoms with Crippen LogP contribution in [-0.2, 0) is 38.2 Å². The largest absolute Gasteiger partial charge is 0.379 e. The zero-order chi connectivity index (χ0) is 26.3. The van der Waals surface area contributed by atoms with Crippen LogP contribution in [0.2, 0.25) is 0 Å². The first-order valence-corrected chi connectivity index (χ1v) is 14.5. The van der Waals surface area contributed by atoms with Crippen molar-refractivity contribution in [3.8, 4) is 0 Å². The third kappa shape index (κ3) is 7.50. The summed E-state index contributed by atoms with van der Waals surface area (Å²) in [6.07, 6.45) is 3.15. The normalized spacial score (nSPS) is 18.7. The Morgan fingerprint density at radius 3 is 2.65 bits per heavy atom. The van der Waals surface area contributed by atoms with Gasteiger partial charge in [0.15, 0.2) is 0 Å². The van der Waals surface area contributed by atoms with Crippen LogP contribution in [0, 0.1) is 5.82 Å². The molecule has 2 aromatic rings. The highest BCUT2D eigenvalue weighted by Crippen LogP contribution is 2.23. The lowest BCUT2D eigenvalue weighted by Gasteiger charge is -2.30. The zero-order valence-corrected chi connectivity index (χ0v) is 22.1. The van der Waals surface area contributed by atoms with Crippen LogP contribution in [0.15, 0.2) is 35.6 Å². The summed E-state index contributed by atoms with van der Waals surface area (Å²) >= 11 is 0. The molecule has 1 N–H and O–H groups in total. The molecule has 0 saturated carbocycles. The fourth-order valence-electron chi connectivity index (χ4n) is 4.62. The van der Waals surface area contributed by atoms with Crippen LogP contribution in [0.1, 0.15) is 31.0 Å². The molecule has 1 aromatic carbocycles. The molecule has 10 nitrogen and oxygen atoms in total. The molecule has 2 aliphatic heterocycles. The van der Waals surface area contributed by atoms with Gasteiger partial charge in [0.1, 0.15) is 5.82 Å². The number of hydrogen-bond acceptors (Lipinski definition) is 7. The Kier molecular flexibility index (Phi) is 9.52. The molecule has 2 saturated heterocycles. The number of carbonyl (C=O) groups is 1. The van der Waals surface area contributed by atoms with Crippen LogP contribution >= 0.6 is 0 Å². The number of rotatable bonds is 11. The number of imidazole rings is 1. The summed E-state index contributed by atoms with van der Waals surface area (Å²) in [6, 6.07) is 5.20. The minimum absolute atomic E-state index is 0.0636. The van der Waals surface area contributed by atoms with E-state index < -0.39 is 15.7 Å². The van der Waals surface area contributed by atoms with Crippen LogP contribution in [0.25, 0.3) is 0 Å². The Morgan fingerprint density at radius 2 is 1.97 bits per heavy atom. The molecule has 37 heavy (non-hydrogen) atoms. The van der Waals surface area contributed by atoms with Gasteiger partial charge in [-0.2, -0.15) is 0 Å². The first kappa shape index (κ1) is 27.5. The summed E-state index contributed by atoms with van der Waals surface area (Å²) < 4.78 is 53.1. The van der Waals surface area contributed by atoms with Crippen LogP contribution in [0.5, 0.6) is 0 Å². The van der Waals surface area contributed by atoms with Gasteiger partial charge in [-0.05, 0) is 37.5 Å². The second-order valence-corrected chi connectivity index (χ2v) is 11.3. The molecule has 1 atom stereocenters. The summed E-state index contributed by atoms with van der Waals surface area (Å²) in [6.45, 7) is 7.66. The standard InChI is InChI=1S/C25H36FN5O5S/c1-2-27-24(32)30(10-9-29-11-14-35-15-12-29)17-22-16-28-25(31(22)18-23-4-3-13-36-23)37(33,34)19-20-5-7-21(26)8-6-20/h5-8,16,23H,2-4,9-15,17-19H2,1H3,(H,27,32)/t23-/m1/s1. The first-order valence-electron chi connectivity index (χ1n) is 12.8. The molecular weight excluding hydrogens is 501 g/mol. The summed E-state index contributed by atoms with van der Waals surface area (Å²) in [5.41, 5.74) is 1.10. The van der Waals surface area contributed by atoms with E-state index in [0.717, 1.165) is 25.9 Å². The predicted molar refractivity (Wildman–Crippen MR) is 135 cm³/mol. The molecule has 12 heteroatoms. The molecule has 0 aliphatic carbocycles. The minimum atomic E-state index is -3.84. The first-order chi connectivity index (χ1) is 17.9. The third-order valence-electron chi connectivity index (χ3n) is 6.62. The average Bonchev–Trinajstić information content (AvgIpc) is 3.54. The molecule has 204 valence electrons. The smallest absolute Gasteiger partial charge is 0.317 e. The number of sulfone groups is 1. The molecule has 2 fully saturated rings. The second-order valence-electron chi connectivity index (χ2n) is 9.37. The van der Waals surface area contributed by atoms with Crippen molar-refractivity contribution in [2.45, 2.75) is 49.9 Å². The maximum Gasteiger partial charge on any atom is 0.317 e. The van der Waals surface area contributed by atoms with Crippen molar-refractivity contribution in [3.05, 3.63) is 47.5 Å². The number of amides is 2. The van der Waals surface area contributed by atoms with Crippen LogP contribution in [0.4, 0.5) is 9.18 Å². The Hall–Kier alpha value is -2.54.